The van der Waals surface area contributed by atoms with Crippen LogP contribution in [0, 0.1) is 0 Å². The summed E-state index contributed by atoms with van der Waals surface area (Å²) in [5, 5.41) is 6.11. The van der Waals surface area contributed by atoms with Crippen molar-refractivity contribution in [1.29, 1.82) is 0 Å². The summed E-state index contributed by atoms with van der Waals surface area (Å²) in [6.45, 7) is 2.57. The summed E-state index contributed by atoms with van der Waals surface area (Å²) < 4.78 is 5.01. The third-order valence-electron chi connectivity index (χ3n) is 3.93. The highest BCUT2D eigenvalue weighted by atomic mass is 32.2. The van der Waals surface area contributed by atoms with E-state index in [1.807, 2.05) is 0 Å². The number of cyclic esters (lactones) is 1. The average molecular weight is 356 g/mol. The second kappa shape index (κ2) is 7.39. The molecule has 1 aromatic rings. The summed E-state index contributed by atoms with van der Waals surface area (Å²) in [6, 6.07) is -0.0850. The molecule has 126 valence electrons. The maximum atomic E-state index is 12.2. The van der Waals surface area contributed by atoms with Crippen molar-refractivity contribution in [2.45, 2.75) is 18.2 Å². The van der Waals surface area contributed by atoms with Crippen LogP contribution in [0.1, 0.15) is 10.7 Å². The molecule has 9 heteroatoms. The minimum Gasteiger partial charge on any atom is -0.447 e. The van der Waals surface area contributed by atoms with Gasteiger partial charge >= 0.3 is 12.1 Å². The average Bonchev–Trinajstić information content (AvgIpc) is 3.14. The van der Waals surface area contributed by atoms with Gasteiger partial charge in [0.25, 0.3) is 0 Å². The van der Waals surface area contributed by atoms with Crippen LogP contribution in [-0.2, 0) is 16.9 Å². The molecule has 0 bridgehead atoms. The molecule has 0 aromatic carbocycles. The number of fused-ring (bicyclic) bond motifs is 1. The van der Waals surface area contributed by atoms with Gasteiger partial charge < -0.3 is 15.0 Å². The van der Waals surface area contributed by atoms with Crippen LogP contribution >= 0.6 is 23.1 Å². The highest BCUT2D eigenvalue weighted by Gasteiger charge is 2.38. The Morgan fingerprint density at radius 1 is 1.57 bits per heavy atom. The van der Waals surface area contributed by atoms with Crippen LogP contribution in [0.4, 0.5) is 9.59 Å². The van der Waals surface area contributed by atoms with Crippen molar-refractivity contribution in [3.8, 4) is 0 Å². The Labute approximate surface area is 143 Å². The number of aromatic nitrogens is 1. The molecular formula is C14H20N4O3S2. The molecule has 0 unspecified atom stereocenters. The van der Waals surface area contributed by atoms with E-state index in [9.17, 15) is 9.59 Å². The van der Waals surface area contributed by atoms with Crippen molar-refractivity contribution in [3.63, 3.8) is 0 Å². The van der Waals surface area contributed by atoms with Crippen LogP contribution in [0.15, 0.2) is 5.38 Å². The van der Waals surface area contributed by atoms with E-state index in [4.69, 9.17) is 4.74 Å². The van der Waals surface area contributed by atoms with E-state index in [-0.39, 0.29) is 18.2 Å². The lowest BCUT2D eigenvalue weighted by molar-refractivity contribution is 0.127. The van der Waals surface area contributed by atoms with Crippen LogP contribution < -0.4 is 5.32 Å². The summed E-state index contributed by atoms with van der Waals surface area (Å²) in [4.78, 5) is 31.6. The summed E-state index contributed by atoms with van der Waals surface area (Å²) in [5.41, 5.74) is 1.03. The van der Waals surface area contributed by atoms with Gasteiger partial charge in [-0.15, -0.1) is 11.3 Å². The molecule has 3 heterocycles. The number of ether oxygens (including phenoxy) is 1. The van der Waals surface area contributed by atoms with Gasteiger partial charge in [-0.1, -0.05) is 0 Å². The van der Waals surface area contributed by atoms with E-state index in [2.05, 4.69) is 21.9 Å². The summed E-state index contributed by atoms with van der Waals surface area (Å²) in [6.07, 6.45) is 2.53. The third-order valence-corrected chi connectivity index (χ3v) is 5.57. The van der Waals surface area contributed by atoms with E-state index in [1.165, 1.54) is 0 Å². The molecule has 1 atom stereocenters. The molecule has 1 N–H and O–H groups in total. The van der Waals surface area contributed by atoms with Gasteiger partial charge in [-0.2, -0.15) is 11.8 Å². The molecule has 2 saturated heterocycles. The number of nitrogens with zero attached hydrogens (tertiary/aromatic N) is 3. The number of urea groups is 1. The molecule has 1 aromatic heterocycles. The van der Waals surface area contributed by atoms with Gasteiger partial charge in [0.15, 0.2) is 0 Å². The summed E-state index contributed by atoms with van der Waals surface area (Å²) >= 11 is 3.42. The van der Waals surface area contributed by atoms with Crippen molar-refractivity contribution >= 4 is 35.2 Å². The first-order chi connectivity index (χ1) is 11.2. The van der Waals surface area contributed by atoms with Crippen molar-refractivity contribution in [3.05, 3.63) is 16.1 Å². The van der Waals surface area contributed by atoms with Crippen LogP contribution in [0.25, 0.3) is 0 Å². The number of nitrogens with one attached hydrogen (secondary N) is 1. The van der Waals surface area contributed by atoms with Crippen molar-refractivity contribution < 1.29 is 14.3 Å². The number of hydrogen-bond acceptors (Lipinski definition) is 6. The quantitative estimate of drug-likeness (QED) is 0.863. The zero-order chi connectivity index (χ0) is 16.2. The van der Waals surface area contributed by atoms with Crippen molar-refractivity contribution in [2.24, 2.45) is 0 Å². The molecule has 7 nitrogen and oxygen atoms in total. The third kappa shape index (κ3) is 3.89. The highest BCUT2D eigenvalue weighted by Crippen LogP contribution is 2.18. The van der Waals surface area contributed by atoms with Crippen molar-refractivity contribution in [2.75, 3.05) is 39.0 Å². The Bertz CT molecular complexity index is 580. The van der Waals surface area contributed by atoms with Gasteiger partial charge in [0, 0.05) is 43.7 Å². The van der Waals surface area contributed by atoms with Gasteiger partial charge in [0.2, 0.25) is 0 Å². The Hall–Kier alpha value is -1.48. The fourth-order valence-electron chi connectivity index (χ4n) is 2.74. The predicted molar refractivity (Wildman–Crippen MR) is 89.9 cm³/mol. The number of thiazole rings is 1. The predicted octanol–water partition coefficient (Wildman–Crippen LogP) is 1.39. The molecule has 0 spiro atoms. The fraction of sp³-hybridized carbons (Fsp3) is 0.643. The van der Waals surface area contributed by atoms with E-state index < -0.39 is 0 Å². The molecule has 23 heavy (non-hydrogen) atoms. The smallest absolute Gasteiger partial charge is 0.410 e. The SMILES string of the molecule is CSCc1nc(CCNC(=O)N2CCN3C(=O)OC[C@@H]3C2)cs1. The van der Waals surface area contributed by atoms with E-state index in [1.54, 1.807) is 32.9 Å². The molecule has 3 rings (SSSR count). The highest BCUT2D eigenvalue weighted by molar-refractivity contribution is 7.97. The van der Waals surface area contributed by atoms with E-state index in [0.717, 1.165) is 22.9 Å². The molecule has 2 fully saturated rings. The Morgan fingerprint density at radius 3 is 3.26 bits per heavy atom. The Kier molecular flexibility index (Phi) is 5.27. The van der Waals surface area contributed by atoms with Crippen LogP contribution in [0.2, 0.25) is 0 Å². The second-order valence-corrected chi connectivity index (χ2v) is 7.33. The van der Waals surface area contributed by atoms with Gasteiger partial charge in [-0.05, 0) is 6.26 Å². The molecule has 2 aliphatic heterocycles. The summed E-state index contributed by atoms with van der Waals surface area (Å²) in [5.74, 6) is 0.934. The van der Waals surface area contributed by atoms with Crippen LogP contribution in [-0.4, -0.2) is 72.0 Å². The second-order valence-electron chi connectivity index (χ2n) is 5.52. The molecule has 0 saturated carbocycles. The lowest BCUT2D eigenvalue weighted by Gasteiger charge is -2.35. The topological polar surface area (TPSA) is 74.8 Å². The Morgan fingerprint density at radius 2 is 2.43 bits per heavy atom. The lowest BCUT2D eigenvalue weighted by atomic mass is 10.2. The molecular weight excluding hydrogens is 336 g/mol. The maximum absolute atomic E-state index is 12.2. The fourth-order valence-corrected chi connectivity index (χ4v) is 4.29. The first-order valence-electron chi connectivity index (χ1n) is 7.55. The van der Waals surface area contributed by atoms with Crippen LogP contribution in [0.5, 0.6) is 0 Å². The number of hydrogen-bond donors (Lipinski definition) is 1. The number of piperazine rings is 1. The first kappa shape index (κ1) is 16.4. The first-order valence-corrected chi connectivity index (χ1v) is 9.83. The summed E-state index contributed by atoms with van der Waals surface area (Å²) in [7, 11) is 0. The van der Waals surface area contributed by atoms with E-state index in [0.29, 0.717) is 32.8 Å². The lowest BCUT2D eigenvalue weighted by Crippen LogP contribution is -2.56. The molecule has 3 amide bonds. The van der Waals surface area contributed by atoms with Gasteiger partial charge in [0.05, 0.1) is 11.7 Å². The number of carbonyl (C=O) groups is 2. The largest absolute Gasteiger partial charge is 0.447 e. The maximum Gasteiger partial charge on any atom is 0.410 e. The van der Waals surface area contributed by atoms with E-state index >= 15 is 0 Å². The minimum absolute atomic E-state index is 0.00496. The van der Waals surface area contributed by atoms with Gasteiger partial charge in [-0.25, -0.2) is 14.6 Å². The molecule has 0 aliphatic carbocycles. The Balaban J connectivity index is 1.42. The number of carbonyl (C=O) groups excluding carboxylic acids is 2. The zero-order valence-electron chi connectivity index (χ0n) is 13.0. The molecule has 0 radical (unpaired) electrons. The number of thioether (sulfide) groups is 1. The standard InChI is InChI=1S/C14H20N4O3S2/c1-22-9-12-16-10(8-23-12)2-3-15-13(19)17-4-5-18-11(6-17)7-21-14(18)20/h8,11H,2-7,9H2,1H3,(H,15,19)/t11-/m0/s1. The van der Waals surface area contributed by atoms with Crippen molar-refractivity contribution in [1.82, 2.24) is 20.1 Å². The zero-order valence-corrected chi connectivity index (χ0v) is 14.6. The molecule has 2 aliphatic rings. The number of rotatable bonds is 5. The van der Waals surface area contributed by atoms with Crippen LogP contribution in [0.3, 0.4) is 0 Å². The minimum atomic E-state index is -0.264. The normalized spacial score (nSPS) is 20.4. The van der Waals surface area contributed by atoms with Gasteiger partial charge in [-0.3, -0.25) is 4.90 Å². The van der Waals surface area contributed by atoms with Gasteiger partial charge in [0.1, 0.15) is 11.6 Å². The monoisotopic (exact) mass is 356 g/mol. The number of amides is 3.